The van der Waals surface area contributed by atoms with Crippen LogP contribution in [-0.4, -0.2) is 80.9 Å². The maximum atomic E-state index is 12.5. The van der Waals surface area contributed by atoms with Gasteiger partial charge in [-0.05, 0) is 52.0 Å². The number of amides is 2. The highest BCUT2D eigenvalue weighted by Gasteiger charge is 2.27. The van der Waals surface area contributed by atoms with Crippen molar-refractivity contribution in [1.29, 1.82) is 0 Å². The van der Waals surface area contributed by atoms with Crippen molar-refractivity contribution < 1.29 is 14.5 Å². The fourth-order valence-electron chi connectivity index (χ4n) is 2.85. The first-order chi connectivity index (χ1) is 12.5. The maximum Gasteiger partial charge on any atom is 0.275 e. The minimum atomic E-state index is -0.225. The summed E-state index contributed by atoms with van der Waals surface area (Å²) in [6.45, 7) is 15.4. The summed E-state index contributed by atoms with van der Waals surface area (Å²) in [6, 6.07) is 0. The van der Waals surface area contributed by atoms with Gasteiger partial charge in [-0.2, -0.15) is 0 Å². The van der Waals surface area contributed by atoms with Gasteiger partial charge in [0, 0.05) is 5.54 Å². The molecule has 2 amide bonds. The number of carbonyl (C=O) groups is 2. The van der Waals surface area contributed by atoms with Gasteiger partial charge >= 0.3 is 0 Å². The van der Waals surface area contributed by atoms with Gasteiger partial charge in [0.2, 0.25) is 11.1 Å². The van der Waals surface area contributed by atoms with Crippen LogP contribution in [0, 0.1) is 0 Å². The molecule has 1 saturated heterocycles. The van der Waals surface area contributed by atoms with Gasteiger partial charge in [0.05, 0.1) is 37.5 Å². The Morgan fingerprint density at radius 2 is 1.78 bits per heavy atom. The number of hydrogen-bond donors (Lipinski definition) is 2. The fraction of sp³-hybridized carbons (Fsp3) is 0.824. The number of piperazine rings is 1. The molecule has 2 heterocycles. The molecule has 0 radical (unpaired) electrons. The van der Waals surface area contributed by atoms with Gasteiger partial charge in [0.25, 0.3) is 5.91 Å². The van der Waals surface area contributed by atoms with Crippen LogP contribution in [0.5, 0.6) is 0 Å². The van der Waals surface area contributed by atoms with Gasteiger partial charge in [-0.3, -0.25) is 9.59 Å². The molecule has 0 aromatic carbocycles. The number of rotatable bonds is 5. The normalized spacial score (nSPS) is 16.4. The van der Waals surface area contributed by atoms with Crippen LogP contribution >= 0.6 is 11.8 Å². The van der Waals surface area contributed by atoms with Crippen molar-refractivity contribution in [3.8, 4) is 0 Å². The van der Waals surface area contributed by atoms with Crippen molar-refractivity contribution in [2.24, 2.45) is 0 Å². The Kier molecular flexibility index (Phi) is 6.85. The first-order valence-corrected chi connectivity index (χ1v) is 10.3. The Labute approximate surface area is 165 Å². The van der Waals surface area contributed by atoms with E-state index in [0.717, 1.165) is 13.1 Å². The molecule has 1 aliphatic heterocycles. The summed E-state index contributed by atoms with van der Waals surface area (Å²) in [7, 11) is 0. The lowest BCUT2D eigenvalue weighted by Gasteiger charge is -2.32. The maximum absolute atomic E-state index is 12.5. The Morgan fingerprint density at radius 3 is 2.33 bits per heavy atom. The predicted molar refractivity (Wildman–Crippen MR) is 104 cm³/mol. The van der Waals surface area contributed by atoms with Gasteiger partial charge in [-0.25, -0.2) is 4.68 Å². The third-order valence-corrected chi connectivity index (χ3v) is 5.05. The first-order valence-electron chi connectivity index (χ1n) is 9.30. The minimum Gasteiger partial charge on any atom is -0.347 e. The van der Waals surface area contributed by atoms with Crippen LogP contribution in [0.1, 0.15) is 41.5 Å². The van der Waals surface area contributed by atoms with E-state index >= 15 is 0 Å². The SMILES string of the molecule is CC(C)(C)NC(=O)C[NH+]1CCN(C(=O)CSc2nnnn2C(C)(C)C)CC1. The van der Waals surface area contributed by atoms with E-state index in [2.05, 4.69) is 20.8 Å². The van der Waals surface area contributed by atoms with Gasteiger partial charge in [0.15, 0.2) is 6.54 Å². The molecule has 0 unspecified atom stereocenters. The van der Waals surface area contributed by atoms with E-state index in [9.17, 15) is 9.59 Å². The molecular weight excluding hydrogens is 366 g/mol. The second kappa shape index (κ2) is 8.55. The van der Waals surface area contributed by atoms with Crippen LogP contribution < -0.4 is 10.2 Å². The fourth-order valence-corrected chi connectivity index (χ4v) is 3.81. The average molecular weight is 399 g/mol. The summed E-state index contributed by atoms with van der Waals surface area (Å²) in [5, 5.41) is 15.4. The van der Waals surface area contributed by atoms with Crippen LogP contribution in [0.4, 0.5) is 0 Å². The highest BCUT2D eigenvalue weighted by atomic mass is 32.2. The van der Waals surface area contributed by atoms with Crippen LogP contribution in [-0.2, 0) is 15.1 Å². The zero-order valence-corrected chi connectivity index (χ0v) is 18.0. The number of quaternary nitrogens is 1. The standard InChI is InChI=1S/C17H31N7O2S/c1-16(2,3)18-13(25)11-22-7-9-23(10-8-22)14(26)12-27-15-19-20-21-24(15)17(4,5)6/h7-12H2,1-6H3,(H,18,25)/p+1. The smallest absolute Gasteiger partial charge is 0.275 e. The molecule has 27 heavy (non-hydrogen) atoms. The Hall–Kier alpha value is -1.68. The second-order valence-electron chi connectivity index (χ2n) is 8.94. The molecule has 1 fully saturated rings. The summed E-state index contributed by atoms with van der Waals surface area (Å²) in [6.07, 6.45) is 0. The molecular formula is C17H32N7O2S+. The Bertz CT molecular complexity index is 655. The molecule has 0 atom stereocenters. The van der Waals surface area contributed by atoms with E-state index in [1.54, 1.807) is 4.68 Å². The van der Waals surface area contributed by atoms with E-state index in [1.165, 1.54) is 16.7 Å². The lowest BCUT2D eigenvalue weighted by molar-refractivity contribution is -0.896. The number of nitrogens with one attached hydrogen (secondary N) is 2. The van der Waals surface area contributed by atoms with Gasteiger partial charge in [0.1, 0.15) is 0 Å². The predicted octanol–water partition coefficient (Wildman–Crippen LogP) is -0.838. The van der Waals surface area contributed by atoms with Crippen molar-refractivity contribution in [1.82, 2.24) is 30.4 Å². The minimum absolute atomic E-state index is 0.0573. The van der Waals surface area contributed by atoms with E-state index in [4.69, 9.17) is 0 Å². The van der Waals surface area contributed by atoms with Crippen LogP contribution in [0.25, 0.3) is 0 Å². The molecule has 10 heteroatoms. The molecule has 152 valence electrons. The number of nitrogens with zero attached hydrogens (tertiary/aromatic N) is 5. The number of carbonyl (C=O) groups excluding carboxylic acids is 2. The Morgan fingerprint density at radius 1 is 1.15 bits per heavy atom. The summed E-state index contributed by atoms with van der Waals surface area (Å²) < 4.78 is 1.74. The third-order valence-electron chi connectivity index (χ3n) is 4.15. The van der Waals surface area contributed by atoms with Crippen LogP contribution in [0.3, 0.4) is 0 Å². The second-order valence-corrected chi connectivity index (χ2v) is 9.88. The molecule has 1 aromatic heterocycles. The average Bonchev–Trinajstić information content (AvgIpc) is 3.00. The molecule has 2 rings (SSSR count). The van der Waals surface area contributed by atoms with Crippen molar-refractivity contribution in [3.05, 3.63) is 0 Å². The molecule has 2 N–H and O–H groups in total. The largest absolute Gasteiger partial charge is 0.347 e. The lowest BCUT2D eigenvalue weighted by Crippen LogP contribution is -3.16. The molecule has 9 nitrogen and oxygen atoms in total. The van der Waals surface area contributed by atoms with Crippen molar-refractivity contribution in [2.75, 3.05) is 38.5 Å². The summed E-state index contributed by atoms with van der Waals surface area (Å²) in [5.74, 6) is 0.458. The van der Waals surface area contributed by atoms with Crippen molar-refractivity contribution in [2.45, 2.75) is 57.8 Å². The van der Waals surface area contributed by atoms with E-state index in [1.807, 2.05) is 46.4 Å². The molecule has 0 spiro atoms. The van der Waals surface area contributed by atoms with E-state index < -0.39 is 0 Å². The molecule has 1 aromatic rings. The van der Waals surface area contributed by atoms with Gasteiger partial charge in [-0.15, -0.1) is 5.10 Å². The van der Waals surface area contributed by atoms with Crippen molar-refractivity contribution in [3.63, 3.8) is 0 Å². The molecule has 0 saturated carbocycles. The monoisotopic (exact) mass is 398 g/mol. The summed E-state index contributed by atoms with van der Waals surface area (Å²) >= 11 is 1.36. The summed E-state index contributed by atoms with van der Waals surface area (Å²) in [5.41, 5.74) is -0.439. The number of thioether (sulfide) groups is 1. The molecule has 1 aliphatic rings. The van der Waals surface area contributed by atoms with E-state index in [-0.39, 0.29) is 22.9 Å². The van der Waals surface area contributed by atoms with Gasteiger partial charge < -0.3 is 15.1 Å². The lowest BCUT2D eigenvalue weighted by atomic mass is 10.1. The first kappa shape index (κ1) is 21.6. The zero-order valence-electron chi connectivity index (χ0n) is 17.2. The topological polar surface area (TPSA) is 97.5 Å². The summed E-state index contributed by atoms with van der Waals surface area (Å²) in [4.78, 5) is 27.6. The van der Waals surface area contributed by atoms with Crippen LogP contribution in [0.15, 0.2) is 5.16 Å². The van der Waals surface area contributed by atoms with Gasteiger partial charge in [-0.1, -0.05) is 11.8 Å². The molecule has 0 aliphatic carbocycles. The Balaban J connectivity index is 1.77. The number of tetrazole rings is 1. The molecule has 0 bridgehead atoms. The highest BCUT2D eigenvalue weighted by molar-refractivity contribution is 7.99. The zero-order chi connectivity index (χ0) is 20.2. The van der Waals surface area contributed by atoms with Crippen LogP contribution in [0.2, 0.25) is 0 Å². The quantitative estimate of drug-likeness (QED) is 0.628. The number of hydrogen-bond acceptors (Lipinski definition) is 6. The third kappa shape index (κ3) is 6.76. The highest BCUT2D eigenvalue weighted by Crippen LogP contribution is 2.21. The van der Waals surface area contributed by atoms with Crippen molar-refractivity contribution >= 4 is 23.6 Å². The van der Waals surface area contributed by atoms with E-state index in [0.29, 0.717) is 30.5 Å². The number of aromatic nitrogens is 4.